The zero-order chi connectivity index (χ0) is 59.1. The van der Waals surface area contributed by atoms with Crippen LogP contribution in [0.2, 0.25) is 0 Å². The first-order valence-corrected chi connectivity index (χ1v) is 28.3. The van der Waals surface area contributed by atoms with E-state index < -0.39 is 77.5 Å². The maximum atomic E-state index is 14.7. The van der Waals surface area contributed by atoms with E-state index in [2.05, 4.69) is 21.4 Å². The number of rotatable bonds is 36. The number of unbranched alkanes of at least 4 members (excludes halogenated alkanes) is 2. The second kappa shape index (κ2) is 33.8. The molecular weight excluding hydrogens is 1000 g/mol. The summed E-state index contributed by atoms with van der Waals surface area (Å²) in [5.74, 6) is 1.60. The average molecular weight is 1100 g/mol. The van der Waals surface area contributed by atoms with Crippen molar-refractivity contribution < 1.29 is 57.6 Å². The highest BCUT2D eigenvalue weighted by Crippen LogP contribution is 2.30. The van der Waals surface area contributed by atoms with Gasteiger partial charge < -0.3 is 54.7 Å². The van der Waals surface area contributed by atoms with Crippen LogP contribution in [0, 0.1) is 23.7 Å². The number of aliphatic hydroxyl groups excluding tert-OH is 1. The van der Waals surface area contributed by atoms with E-state index in [1.54, 1.807) is 49.9 Å². The van der Waals surface area contributed by atoms with E-state index in [4.69, 9.17) is 24.8 Å². The molecule has 7 N–H and O–H groups in total. The summed E-state index contributed by atoms with van der Waals surface area (Å²) in [6.07, 6.45) is 3.51. The van der Waals surface area contributed by atoms with Crippen LogP contribution in [-0.2, 0) is 52.5 Å². The van der Waals surface area contributed by atoms with E-state index in [9.17, 15) is 38.7 Å². The third kappa shape index (κ3) is 22.1. The number of carbonyl (C=O) groups is 7. The van der Waals surface area contributed by atoms with Gasteiger partial charge in [-0.1, -0.05) is 91.6 Å². The van der Waals surface area contributed by atoms with Crippen LogP contribution in [0.15, 0.2) is 30.3 Å². The van der Waals surface area contributed by atoms with E-state index >= 15 is 0 Å². The van der Waals surface area contributed by atoms with Crippen molar-refractivity contribution in [2.75, 3.05) is 54.6 Å². The van der Waals surface area contributed by atoms with Crippen LogP contribution < -0.4 is 27.2 Å². The van der Waals surface area contributed by atoms with Gasteiger partial charge in [-0.05, 0) is 96.5 Å². The maximum Gasteiger partial charge on any atom is 0.249 e. The number of benzene rings is 1. The molecule has 20 heteroatoms. The fourth-order valence-electron chi connectivity index (χ4n) is 10.2. The Kier molecular flexibility index (Phi) is 30.0. The molecule has 78 heavy (non-hydrogen) atoms. The van der Waals surface area contributed by atoms with Gasteiger partial charge in [-0.2, -0.15) is 0 Å². The van der Waals surface area contributed by atoms with Crippen LogP contribution in [0.25, 0.3) is 0 Å². The molecule has 1 heterocycles. The van der Waals surface area contributed by atoms with Gasteiger partial charge >= 0.3 is 0 Å². The second-order valence-electron chi connectivity index (χ2n) is 23.3. The molecule has 0 aliphatic carbocycles. The SMILES string of the molecule is CCC(C)C(C(CC(=O)N1CCCC1C(OC)C(C)C(=O)NC(C)C(O)c1ccccc1)OC)N(C)C(=O)C(NC(=O)C(C(C)C)N(C)C(=O)COC(C)(C)CCOC(C)(C)CCNC(=O)CCCCCC(=O)NN)C(C)C. The molecule has 0 spiro atoms. The summed E-state index contributed by atoms with van der Waals surface area (Å²) >= 11 is 0. The van der Waals surface area contributed by atoms with Gasteiger partial charge in [0, 0.05) is 54.2 Å². The molecule has 0 radical (unpaired) electrons. The van der Waals surface area contributed by atoms with E-state index in [-0.39, 0.29) is 60.3 Å². The lowest BCUT2D eigenvalue weighted by molar-refractivity contribution is -0.151. The molecule has 7 amide bonds. The van der Waals surface area contributed by atoms with Crippen LogP contribution in [0.4, 0.5) is 0 Å². The molecule has 1 aromatic carbocycles. The summed E-state index contributed by atoms with van der Waals surface area (Å²) < 4.78 is 24.4. The molecule has 0 aromatic heterocycles. The molecule has 1 saturated heterocycles. The quantitative estimate of drug-likeness (QED) is 0.0219. The molecule has 1 aliphatic rings. The molecular formula is C58H102N8O12. The monoisotopic (exact) mass is 1100 g/mol. The minimum Gasteiger partial charge on any atom is -0.386 e. The summed E-state index contributed by atoms with van der Waals surface area (Å²) in [6.45, 7) is 23.4. The highest BCUT2D eigenvalue weighted by Gasteiger charge is 2.44. The van der Waals surface area contributed by atoms with Crippen LogP contribution in [-0.4, -0.2) is 169 Å². The third-order valence-corrected chi connectivity index (χ3v) is 15.5. The van der Waals surface area contributed by atoms with Crippen molar-refractivity contribution in [3.05, 3.63) is 35.9 Å². The number of amides is 7. The lowest BCUT2D eigenvalue weighted by Gasteiger charge is -2.41. The Labute approximate surface area is 467 Å². The lowest BCUT2D eigenvalue weighted by atomic mass is 9.89. The van der Waals surface area contributed by atoms with Gasteiger partial charge in [0.2, 0.25) is 41.4 Å². The molecule has 0 saturated carbocycles. The molecule has 2 rings (SSSR count). The van der Waals surface area contributed by atoms with Crippen LogP contribution in [0.5, 0.6) is 0 Å². The van der Waals surface area contributed by atoms with Crippen LogP contribution in [0.3, 0.4) is 0 Å². The fraction of sp³-hybridized carbons (Fsp3) is 0.776. The van der Waals surface area contributed by atoms with E-state index in [0.717, 1.165) is 6.42 Å². The molecule has 10 atom stereocenters. The number of likely N-dealkylation sites (N-methyl/N-ethyl adjacent to an activating group) is 2. The van der Waals surface area contributed by atoms with Crippen molar-refractivity contribution in [2.24, 2.45) is 29.5 Å². The summed E-state index contributed by atoms with van der Waals surface area (Å²) in [4.78, 5) is 99.2. The topological polar surface area (TPSA) is 260 Å². The minimum absolute atomic E-state index is 0.0497. The van der Waals surface area contributed by atoms with Crippen LogP contribution >= 0.6 is 0 Å². The first-order chi connectivity index (χ1) is 36.6. The highest BCUT2D eigenvalue weighted by molar-refractivity contribution is 5.92. The normalized spacial score (nSPS) is 17.5. The standard InChI is InChI=1S/C58H102N8O12/c1-17-39(6)51(44(75-15)35-47(69)66-33-24-27-43(66)53(76-16)40(7)54(72)61-41(8)52(71)42-25-20-18-21-26-42)65(14)56(74)49(37(2)3)62-55(73)50(38(4)5)64(13)48(70)36-78-58(11,12)31-34-77-57(9,10)30-32-60-45(67)28-22-19-23-29-46(68)63-59/h18,20-21,25-26,37-41,43-44,49-53,71H,17,19,22-24,27-36,59H2,1-16H3,(H,60,67)(H,61,72)(H,62,73)(H,63,68). The Morgan fingerprint density at radius 3 is 1.97 bits per heavy atom. The number of aliphatic hydroxyl groups is 1. The van der Waals surface area contributed by atoms with Gasteiger partial charge in [0.1, 0.15) is 18.7 Å². The Morgan fingerprint density at radius 2 is 1.41 bits per heavy atom. The molecule has 1 aromatic rings. The Bertz CT molecular complexity index is 2020. The maximum absolute atomic E-state index is 14.7. The van der Waals surface area contributed by atoms with E-state index in [0.29, 0.717) is 83.0 Å². The Morgan fingerprint density at radius 1 is 0.795 bits per heavy atom. The second-order valence-corrected chi connectivity index (χ2v) is 23.3. The van der Waals surface area contributed by atoms with Gasteiger partial charge in [-0.3, -0.25) is 39.0 Å². The molecule has 20 nitrogen and oxygen atoms in total. The molecule has 10 unspecified atom stereocenters. The van der Waals surface area contributed by atoms with Crippen molar-refractivity contribution in [1.82, 2.24) is 36.1 Å². The fourth-order valence-corrected chi connectivity index (χ4v) is 10.2. The summed E-state index contributed by atoms with van der Waals surface area (Å²) in [5.41, 5.74) is 1.49. The van der Waals surface area contributed by atoms with Crippen molar-refractivity contribution in [2.45, 2.75) is 213 Å². The predicted octanol–water partition coefficient (Wildman–Crippen LogP) is 5.20. The van der Waals surface area contributed by atoms with Gasteiger partial charge in [-0.25, -0.2) is 5.84 Å². The number of carbonyl (C=O) groups excluding carboxylic acids is 7. The average Bonchev–Trinajstić information content (AvgIpc) is 3.88. The van der Waals surface area contributed by atoms with Gasteiger partial charge in [0.05, 0.1) is 66.6 Å². The zero-order valence-electron chi connectivity index (χ0n) is 50.3. The first kappa shape index (κ1) is 69.4. The number of hydrogen-bond donors (Lipinski definition) is 6. The molecule has 1 fully saturated rings. The third-order valence-electron chi connectivity index (χ3n) is 15.5. The number of nitrogens with two attached hydrogens (primary N) is 1. The number of ether oxygens (including phenoxy) is 4. The number of hydrogen-bond acceptors (Lipinski definition) is 13. The number of likely N-dealkylation sites (tertiary alicyclic amines) is 1. The van der Waals surface area contributed by atoms with Gasteiger partial charge in [0.15, 0.2) is 0 Å². The predicted molar refractivity (Wildman–Crippen MR) is 301 cm³/mol. The lowest BCUT2D eigenvalue weighted by Crippen LogP contribution is -2.60. The summed E-state index contributed by atoms with van der Waals surface area (Å²) in [6, 6.07) is 5.65. The summed E-state index contributed by atoms with van der Waals surface area (Å²) in [5, 5.41) is 19.8. The Hall–Kier alpha value is -4.73. The summed E-state index contributed by atoms with van der Waals surface area (Å²) in [7, 11) is 6.29. The zero-order valence-corrected chi connectivity index (χ0v) is 50.3. The van der Waals surface area contributed by atoms with Crippen molar-refractivity contribution in [3.8, 4) is 0 Å². The van der Waals surface area contributed by atoms with E-state index in [1.165, 1.54) is 19.1 Å². The number of nitrogens with zero attached hydrogens (tertiary/aromatic N) is 3. The van der Waals surface area contributed by atoms with Crippen LogP contribution in [0.1, 0.15) is 165 Å². The largest absolute Gasteiger partial charge is 0.386 e. The minimum atomic E-state index is -0.980. The Balaban J connectivity index is 2.09. The van der Waals surface area contributed by atoms with E-state index in [1.807, 2.05) is 87.4 Å². The van der Waals surface area contributed by atoms with Crippen molar-refractivity contribution >= 4 is 41.4 Å². The van der Waals surface area contributed by atoms with Crippen molar-refractivity contribution in [3.63, 3.8) is 0 Å². The first-order valence-electron chi connectivity index (χ1n) is 28.3. The molecule has 446 valence electrons. The van der Waals surface area contributed by atoms with Gasteiger partial charge in [-0.15, -0.1) is 0 Å². The number of hydrazine groups is 1. The number of methoxy groups -OCH3 is 2. The molecule has 0 bridgehead atoms. The van der Waals surface area contributed by atoms with Gasteiger partial charge in [0.25, 0.3) is 0 Å². The highest BCUT2D eigenvalue weighted by atomic mass is 16.5. The number of nitrogens with one attached hydrogen (secondary N) is 4. The smallest absolute Gasteiger partial charge is 0.249 e. The van der Waals surface area contributed by atoms with Crippen molar-refractivity contribution in [1.29, 1.82) is 0 Å². The molecule has 1 aliphatic heterocycles.